The Morgan fingerprint density at radius 3 is 2.67 bits per heavy atom. The van der Waals surface area contributed by atoms with Crippen LogP contribution in [0.15, 0.2) is 48.1 Å². The molecule has 0 heterocycles. The van der Waals surface area contributed by atoms with E-state index >= 15 is 0 Å². The van der Waals surface area contributed by atoms with E-state index in [9.17, 15) is 0 Å². The number of fused-ring (bicyclic) bond motifs is 11. The Morgan fingerprint density at radius 1 is 1.04 bits per heavy atom. The van der Waals surface area contributed by atoms with Crippen LogP contribution < -0.4 is 0 Å². The van der Waals surface area contributed by atoms with Crippen molar-refractivity contribution in [2.24, 2.45) is 57.7 Å². The Balaban J connectivity index is 1.35. The van der Waals surface area contributed by atoms with Gasteiger partial charge in [0.2, 0.25) is 0 Å². The van der Waals surface area contributed by atoms with Crippen molar-refractivity contribution in [1.29, 1.82) is 0 Å². The standard InChI is InChI=1S/C27H34/c1-15-7-10-27(14-15)23-13-20(23)24-18-6-5-17-11-16(2)19-12-22(19)26(17,4)21(18)8-9-25(24,27)3/h8-9,11,18-24H,1-2,5-7,10,12-14H2,3-4H3. The molecule has 5 fully saturated rings. The van der Waals surface area contributed by atoms with Gasteiger partial charge in [0.25, 0.3) is 0 Å². The van der Waals surface area contributed by atoms with E-state index in [-0.39, 0.29) is 0 Å². The van der Waals surface area contributed by atoms with Gasteiger partial charge in [-0.25, -0.2) is 0 Å². The van der Waals surface area contributed by atoms with Gasteiger partial charge in [-0.2, -0.15) is 0 Å². The minimum absolute atomic E-state index is 0.437. The Kier molecular flexibility index (Phi) is 2.59. The minimum Gasteiger partial charge on any atom is -0.0998 e. The Bertz CT molecular complexity index is 855. The fourth-order valence-electron chi connectivity index (χ4n) is 10.1. The van der Waals surface area contributed by atoms with Crippen LogP contribution in [0.1, 0.15) is 58.8 Å². The molecule has 0 heteroatoms. The van der Waals surface area contributed by atoms with E-state index in [1.54, 1.807) is 11.1 Å². The first kappa shape index (κ1) is 15.8. The maximum Gasteiger partial charge on any atom is -0.00134 e. The van der Waals surface area contributed by atoms with Crippen LogP contribution in [-0.2, 0) is 0 Å². The molecular formula is C27H34. The molecule has 0 N–H and O–H groups in total. The van der Waals surface area contributed by atoms with E-state index in [2.05, 4.69) is 45.2 Å². The van der Waals surface area contributed by atoms with Crippen LogP contribution in [-0.4, -0.2) is 0 Å². The topological polar surface area (TPSA) is 0 Å². The average molecular weight is 359 g/mol. The summed E-state index contributed by atoms with van der Waals surface area (Å²) in [6.07, 6.45) is 17.8. The van der Waals surface area contributed by atoms with Crippen LogP contribution in [0.4, 0.5) is 0 Å². The van der Waals surface area contributed by atoms with Crippen molar-refractivity contribution in [2.75, 3.05) is 0 Å². The maximum atomic E-state index is 4.42. The third-order valence-corrected chi connectivity index (χ3v) is 11.4. The van der Waals surface area contributed by atoms with Gasteiger partial charge in [-0.1, -0.05) is 62.0 Å². The maximum absolute atomic E-state index is 4.42. The quantitative estimate of drug-likeness (QED) is 0.422. The number of allylic oxidation sites excluding steroid dienone is 6. The van der Waals surface area contributed by atoms with E-state index in [4.69, 9.17) is 0 Å². The molecule has 0 radical (unpaired) electrons. The third-order valence-electron chi connectivity index (χ3n) is 11.4. The molecule has 0 aromatic carbocycles. The molecule has 10 atom stereocenters. The summed E-state index contributed by atoms with van der Waals surface area (Å²) in [6, 6.07) is 0. The van der Waals surface area contributed by atoms with Crippen molar-refractivity contribution in [1.82, 2.24) is 0 Å². The molecule has 27 heavy (non-hydrogen) atoms. The van der Waals surface area contributed by atoms with Gasteiger partial charge >= 0.3 is 0 Å². The van der Waals surface area contributed by atoms with Gasteiger partial charge in [-0.05, 0) is 103 Å². The summed E-state index contributed by atoms with van der Waals surface area (Å²) in [5, 5.41) is 0. The molecule has 0 aromatic heterocycles. The van der Waals surface area contributed by atoms with Gasteiger partial charge in [0.05, 0.1) is 0 Å². The molecule has 1 spiro atoms. The molecular weight excluding hydrogens is 324 g/mol. The molecule has 0 aromatic rings. The summed E-state index contributed by atoms with van der Waals surface area (Å²) in [5.74, 6) is 6.41. The van der Waals surface area contributed by atoms with Gasteiger partial charge < -0.3 is 0 Å². The van der Waals surface area contributed by atoms with Crippen LogP contribution in [0.2, 0.25) is 0 Å². The van der Waals surface area contributed by atoms with Gasteiger partial charge in [-0.3, -0.25) is 0 Å². The summed E-state index contributed by atoms with van der Waals surface area (Å²) in [6.45, 7) is 14.1. The van der Waals surface area contributed by atoms with E-state index in [0.717, 1.165) is 41.4 Å². The summed E-state index contributed by atoms with van der Waals surface area (Å²) >= 11 is 0. The lowest BCUT2D eigenvalue weighted by atomic mass is 9.46. The molecule has 0 aliphatic heterocycles. The molecule has 5 saturated carbocycles. The zero-order valence-corrected chi connectivity index (χ0v) is 17.1. The van der Waals surface area contributed by atoms with Crippen LogP contribution in [0.25, 0.3) is 0 Å². The van der Waals surface area contributed by atoms with Crippen molar-refractivity contribution in [2.45, 2.75) is 58.8 Å². The lowest BCUT2D eigenvalue weighted by Gasteiger charge is -2.58. The Labute approximate surface area is 164 Å². The Hall–Kier alpha value is -1.04. The molecule has 7 rings (SSSR count). The highest BCUT2D eigenvalue weighted by Gasteiger charge is 2.76. The van der Waals surface area contributed by atoms with Crippen LogP contribution >= 0.6 is 0 Å². The lowest BCUT2D eigenvalue weighted by Crippen LogP contribution is -2.51. The van der Waals surface area contributed by atoms with Crippen LogP contribution in [0.3, 0.4) is 0 Å². The predicted octanol–water partition coefficient (Wildman–Crippen LogP) is 6.72. The second kappa shape index (κ2) is 4.42. The second-order valence-electron chi connectivity index (χ2n) is 12.0. The molecule has 0 bridgehead atoms. The van der Waals surface area contributed by atoms with Crippen molar-refractivity contribution >= 4 is 0 Å². The van der Waals surface area contributed by atoms with Crippen molar-refractivity contribution < 1.29 is 0 Å². The SMILES string of the molecule is C=C1CCC2(C1)C1CC1C1C3CCC4=CC(=C)C5CC5C4(C)C3C=CC12C. The fraction of sp³-hybridized carbons (Fsp3) is 0.704. The number of hydrogen-bond donors (Lipinski definition) is 0. The normalized spacial score (nSPS) is 61.7. The molecule has 10 unspecified atom stereocenters. The molecule has 7 aliphatic carbocycles. The van der Waals surface area contributed by atoms with E-state index in [0.29, 0.717) is 16.2 Å². The van der Waals surface area contributed by atoms with Crippen molar-refractivity contribution in [3.63, 3.8) is 0 Å². The summed E-state index contributed by atoms with van der Waals surface area (Å²) in [4.78, 5) is 0. The second-order valence-corrected chi connectivity index (χ2v) is 12.0. The molecule has 7 aliphatic rings. The summed E-state index contributed by atoms with van der Waals surface area (Å²) in [7, 11) is 0. The smallest absolute Gasteiger partial charge is 0.00134 e. The molecule has 0 saturated heterocycles. The average Bonchev–Trinajstić information content (AvgIpc) is 3.53. The minimum atomic E-state index is 0.437. The first-order valence-corrected chi connectivity index (χ1v) is 11.7. The van der Waals surface area contributed by atoms with Crippen molar-refractivity contribution in [3.05, 3.63) is 48.1 Å². The molecule has 0 amide bonds. The predicted molar refractivity (Wildman–Crippen MR) is 111 cm³/mol. The zero-order chi connectivity index (χ0) is 18.3. The highest BCUT2D eigenvalue weighted by molar-refractivity contribution is 5.44. The summed E-state index contributed by atoms with van der Waals surface area (Å²) in [5.41, 5.74) is 6.20. The van der Waals surface area contributed by atoms with Crippen LogP contribution in [0.5, 0.6) is 0 Å². The fourth-order valence-corrected chi connectivity index (χ4v) is 10.1. The van der Waals surface area contributed by atoms with E-state index < -0.39 is 0 Å². The Morgan fingerprint density at radius 2 is 1.89 bits per heavy atom. The summed E-state index contributed by atoms with van der Waals surface area (Å²) < 4.78 is 0. The lowest BCUT2D eigenvalue weighted by molar-refractivity contribution is -0.0199. The highest BCUT2D eigenvalue weighted by atomic mass is 14.8. The highest BCUT2D eigenvalue weighted by Crippen LogP contribution is 2.82. The first-order valence-electron chi connectivity index (χ1n) is 11.7. The van der Waals surface area contributed by atoms with E-state index in [1.807, 2.05) is 0 Å². The number of hydrogen-bond acceptors (Lipinski definition) is 0. The largest absolute Gasteiger partial charge is 0.0998 e. The zero-order valence-electron chi connectivity index (χ0n) is 17.1. The number of rotatable bonds is 0. The van der Waals surface area contributed by atoms with Gasteiger partial charge in [0.1, 0.15) is 0 Å². The van der Waals surface area contributed by atoms with Gasteiger partial charge in [0, 0.05) is 0 Å². The van der Waals surface area contributed by atoms with Gasteiger partial charge in [-0.15, -0.1) is 0 Å². The van der Waals surface area contributed by atoms with Crippen molar-refractivity contribution in [3.8, 4) is 0 Å². The third kappa shape index (κ3) is 1.56. The monoisotopic (exact) mass is 358 g/mol. The van der Waals surface area contributed by atoms with E-state index in [1.165, 1.54) is 50.5 Å². The van der Waals surface area contributed by atoms with Gasteiger partial charge in [0.15, 0.2) is 0 Å². The molecule has 142 valence electrons. The molecule has 0 nitrogen and oxygen atoms in total. The first-order chi connectivity index (χ1) is 12.9. The van der Waals surface area contributed by atoms with Crippen LogP contribution in [0, 0.1) is 57.7 Å².